The molecule has 2 fully saturated rings. The average Bonchev–Trinajstić information content (AvgIpc) is 2.84. The van der Waals surface area contributed by atoms with Gasteiger partial charge in [-0.1, -0.05) is 57.9 Å². The molecule has 0 unspecified atom stereocenters. The van der Waals surface area contributed by atoms with Gasteiger partial charge in [-0.3, -0.25) is 0 Å². The maximum Gasteiger partial charge on any atom is 0.201 e. The van der Waals surface area contributed by atoms with Gasteiger partial charge >= 0.3 is 0 Å². The Morgan fingerprint density at radius 1 is 0.912 bits per heavy atom. The number of ether oxygens (including phenoxy) is 1. The first-order valence-electron chi connectivity index (χ1n) is 13.9. The lowest BCUT2D eigenvalue weighted by molar-refractivity contribution is 0.0487. The normalized spacial score (nSPS) is 27.5. The van der Waals surface area contributed by atoms with Crippen molar-refractivity contribution in [2.75, 3.05) is 6.61 Å². The van der Waals surface area contributed by atoms with Crippen LogP contribution in [0.25, 0.3) is 0 Å². The molecular formula is C30H45F3O. The van der Waals surface area contributed by atoms with Crippen LogP contribution in [0.15, 0.2) is 24.8 Å². The van der Waals surface area contributed by atoms with Crippen molar-refractivity contribution < 1.29 is 17.9 Å². The Balaban J connectivity index is 1.47. The van der Waals surface area contributed by atoms with Gasteiger partial charge in [0.1, 0.15) is 5.67 Å². The lowest BCUT2D eigenvalue weighted by atomic mass is 9.67. The van der Waals surface area contributed by atoms with E-state index in [-0.39, 0.29) is 24.2 Å². The molecule has 0 saturated heterocycles. The van der Waals surface area contributed by atoms with E-state index in [1.165, 1.54) is 50.7 Å². The molecule has 0 aromatic heterocycles. The maximum atomic E-state index is 15.8. The topological polar surface area (TPSA) is 9.23 Å². The first-order chi connectivity index (χ1) is 16.5. The predicted molar refractivity (Wildman–Crippen MR) is 135 cm³/mol. The monoisotopic (exact) mass is 478 g/mol. The zero-order valence-electron chi connectivity index (χ0n) is 21.2. The van der Waals surface area contributed by atoms with E-state index in [2.05, 4.69) is 13.5 Å². The minimum Gasteiger partial charge on any atom is -0.490 e. The zero-order chi connectivity index (χ0) is 24.4. The Bertz CT molecular complexity index is 746. The van der Waals surface area contributed by atoms with Crippen LogP contribution in [0.1, 0.15) is 115 Å². The van der Waals surface area contributed by atoms with Gasteiger partial charge in [0.05, 0.1) is 6.61 Å². The highest BCUT2D eigenvalue weighted by Gasteiger charge is 2.42. The summed E-state index contributed by atoms with van der Waals surface area (Å²) in [4.78, 5) is 0. The highest BCUT2D eigenvalue weighted by Crippen LogP contribution is 2.49. The number of alkyl halides is 1. The molecule has 0 aliphatic heterocycles. The van der Waals surface area contributed by atoms with Gasteiger partial charge in [0.25, 0.3) is 0 Å². The second-order valence-electron chi connectivity index (χ2n) is 10.8. The number of halogens is 3. The lowest BCUT2D eigenvalue weighted by Crippen LogP contribution is -2.32. The third kappa shape index (κ3) is 7.28. The van der Waals surface area contributed by atoms with Crippen molar-refractivity contribution in [3.05, 3.63) is 42.0 Å². The fourth-order valence-corrected chi connectivity index (χ4v) is 6.29. The van der Waals surface area contributed by atoms with Crippen LogP contribution in [0.4, 0.5) is 13.2 Å². The summed E-state index contributed by atoms with van der Waals surface area (Å²) in [7, 11) is 0. The van der Waals surface area contributed by atoms with Crippen LogP contribution in [0.5, 0.6) is 5.75 Å². The van der Waals surface area contributed by atoms with E-state index in [0.29, 0.717) is 18.4 Å². The summed E-state index contributed by atoms with van der Waals surface area (Å²) in [6.07, 6.45) is 17.9. The lowest BCUT2D eigenvalue weighted by Gasteiger charge is -2.40. The first kappa shape index (κ1) is 27.1. The van der Waals surface area contributed by atoms with Gasteiger partial charge in [0.15, 0.2) is 11.6 Å². The average molecular weight is 479 g/mol. The molecule has 2 aliphatic carbocycles. The van der Waals surface area contributed by atoms with Crippen LogP contribution in [0.2, 0.25) is 0 Å². The smallest absolute Gasteiger partial charge is 0.201 e. The Morgan fingerprint density at radius 2 is 1.56 bits per heavy atom. The van der Waals surface area contributed by atoms with Crippen molar-refractivity contribution in [2.24, 2.45) is 17.8 Å². The molecule has 1 aromatic rings. The number of allylic oxidation sites excluding steroid dienone is 1. The van der Waals surface area contributed by atoms with Gasteiger partial charge in [0, 0.05) is 5.56 Å². The van der Waals surface area contributed by atoms with Crippen molar-refractivity contribution >= 4 is 0 Å². The number of unbranched alkanes of at least 4 members (excludes halogenated alkanes) is 5. The molecule has 192 valence electrons. The first-order valence-corrected chi connectivity index (χ1v) is 13.9. The number of rotatable bonds is 13. The summed E-state index contributed by atoms with van der Waals surface area (Å²) >= 11 is 0. The minimum absolute atomic E-state index is 0.103. The number of benzene rings is 1. The Morgan fingerprint density at radius 3 is 2.24 bits per heavy atom. The molecule has 0 amide bonds. The molecule has 0 spiro atoms. The van der Waals surface area contributed by atoms with Gasteiger partial charge in [-0.05, 0) is 87.7 Å². The van der Waals surface area contributed by atoms with Crippen LogP contribution >= 0.6 is 0 Å². The molecule has 1 aromatic carbocycles. The fraction of sp³-hybridized carbons (Fsp3) is 0.733. The molecule has 3 rings (SSSR count). The van der Waals surface area contributed by atoms with Gasteiger partial charge in [-0.2, -0.15) is 4.39 Å². The molecule has 0 heterocycles. The highest BCUT2D eigenvalue weighted by atomic mass is 19.2. The molecule has 0 bridgehead atoms. The van der Waals surface area contributed by atoms with Gasteiger partial charge in [-0.25, -0.2) is 8.78 Å². The van der Waals surface area contributed by atoms with Crippen LogP contribution < -0.4 is 4.74 Å². The molecule has 2 saturated carbocycles. The van der Waals surface area contributed by atoms with Crippen LogP contribution in [-0.2, 0) is 5.67 Å². The van der Waals surface area contributed by atoms with E-state index >= 15 is 4.39 Å². The standard InChI is InChI=1S/C30H45F3O/c1-3-5-6-7-8-9-10-22-34-27-17-16-26(28(31)29(27)32)30(33)20-18-25(19-21-30)24-14-12-23(11-4-2)13-15-24/h3,16-17,23-25H,1,4-15,18-22H2,2H3. The van der Waals surface area contributed by atoms with Crippen LogP contribution in [-0.4, -0.2) is 6.61 Å². The largest absolute Gasteiger partial charge is 0.490 e. The van der Waals surface area contributed by atoms with Crippen molar-refractivity contribution in [1.29, 1.82) is 0 Å². The summed E-state index contributed by atoms with van der Waals surface area (Å²) < 4.78 is 50.9. The molecule has 34 heavy (non-hydrogen) atoms. The fourth-order valence-electron chi connectivity index (χ4n) is 6.29. The number of hydrogen-bond acceptors (Lipinski definition) is 1. The Kier molecular flexibility index (Phi) is 10.8. The minimum atomic E-state index is -1.77. The third-order valence-electron chi connectivity index (χ3n) is 8.42. The Labute approximate surface area is 205 Å². The maximum absolute atomic E-state index is 15.8. The summed E-state index contributed by atoms with van der Waals surface area (Å²) in [5, 5.41) is 0. The van der Waals surface area contributed by atoms with E-state index < -0.39 is 17.3 Å². The SMILES string of the molecule is C=CCCCCCCCOc1ccc(C2(F)CCC(C3CCC(CCC)CC3)CC2)c(F)c1F. The second-order valence-corrected chi connectivity index (χ2v) is 10.8. The van der Waals surface area contributed by atoms with Crippen molar-refractivity contribution in [1.82, 2.24) is 0 Å². The van der Waals surface area contributed by atoms with E-state index in [4.69, 9.17) is 4.74 Å². The Hall–Kier alpha value is -1.45. The number of hydrogen-bond donors (Lipinski definition) is 0. The summed E-state index contributed by atoms with van der Waals surface area (Å²) in [5.41, 5.74) is -1.89. The molecule has 1 nitrogen and oxygen atoms in total. The quantitative estimate of drug-likeness (QED) is 0.202. The van der Waals surface area contributed by atoms with Crippen molar-refractivity contribution in [2.45, 2.75) is 115 Å². The van der Waals surface area contributed by atoms with E-state index in [1.807, 2.05) is 6.08 Å². The van der Waals surface area contributed by atoms with Crippen molar-refractivity contribution in [3.63, 3.8) is 0 Å². The van der Waals surface area contributed by atoms with Gasteiger partial charge in [-0.15, -0.1) is 6.58 Å². The van der Waals surface area contributed by atoms with E-state index in [1.54, 1.807) is 0 Å². The zero-order valence-corrected chi connectivity index (χ0v) is 21.2. The second kappa shape index (κ2) is 13.6. The van der Waals surface area contributed by atoms with E-state index in [0.717, 1.165) is 57.3 Å². The molecule has 0 radical (unpaired) electrons. The predicted octanol–water partition coefficient (Wildman–Crippen LogP) is 9.83. The molecule has 0 atom stereocenters. The molecular weight excluding hydrogens is 433 g/mol. The molecule has 2 aliphatic rings. The molecule has 0 N–H and O–H groups in total. The molecule has 4 heteroatoms. The van der Waals surface area contributed by atoms with Gasteiger partial charge < -0.3 is 4.74 Å². The summed E-state index contributed by atoms with van der Waals surface area (Å²) in [6, 6.07) is 2.83. The highest BCUT2D eigenvalue weighted by molar-refractivity contribution is 5.34. The summed E-state index contributed by atoms with van der Waals surface area (Å²) in [5.74, 6) is -0.144. The van der Waals surface area contributed by atoms with Gasteiger partial charge in [0.2, 0.25) is 5.82 Å². The third-order valence-corrected chi connectivity index (χ3v) is 8.42. The summed E-state index contributed by atoms with van der Waals surface area (Å²) in [6.45, 7) is 6.32. The van der Waals surface area contributed by atoms with E-state index in [9.17, 15) is 8.78 Å². The van der Waals surface area contributed by atoms with Crippen LogP contribution in [0, 0.1) is 29.4 Å². The van der Waals surface area contributed by atoms with Crippen LogP contribution in [0.3, 0.4) is 0 Å². The van der Waals surface area contributed by atoms with Crippen molar-refractivity contribution in [3.8, 4) is 5.75 Å².